The van der Waals surface area contributed by atoms with E-state index in [4.69, 9.17) is 0 Å². The van der Waals surface area contributed by atoms with Crippen molar-refractivity contribution < 1.29 is 5.11 Å². The lowest BCUT2D eigenvalue weighted by atomic mass is 9.83. The second-order valence-electron chi connectivity index (χ2n) is 5.17. The third-order valence-corrected chi connectivity index (χ3v) is 3.80. The molecule has 15 heavy (non-hydrogen) atoms. The van der Waals surface area contributed by atoms with E-state index in [2.05, 4.69) is 6.92 Å². The molecule has 0 aromatic heterocycles. The van der Waals surface area contributed by atoms with Crippen LogP contribution in [0.1, 0.15) is 77.6 Å². The minimum Gasteiger partial charge on any atom is -0.393 e. The van der Waals surface area contributed by atoms with Crippen LogP contribution in [0.2, 0.25) is 0 Å². The van der Waals surface area contributed by atoms with Crippen molar-refractivity contribution in [3.05, 3.63) is 0 Å². The highest BCUT2D eigenvalue weighted by Gasteiger charge is 2.20. The Labute approximate surface area is 95.3 Å². The zero-order chi connectivity index (χ0) is 10.9. The van der Waals surface area contributed by atoms with Gasteiger partial charge in [-0.1, -0.05) is 58.3 Å². The van der Waals surface area contributed by atoms with Gasteiger partial charge >= 0.3 is 0 Å². The van der Waals surface area contributed by atoms with Crippen molar-refractivity contribution in [3.8, 4) is 0 Å². The fourth-order valence-electron chi connectivity index (χ4n) is 2.71. The van der Waals surface area contributed by atoms with E-state index in [0.717, 1.165) is 6.42 Å². The van der Waals surface area contributed by atoms with Crippen molar-refractivity contribution in [3.63, 3.8) is 0 Å². The molecule has 0 spiro atoms. The smallest absolute Gasteiger partial charge is 0.0568 e. The van der Waals surface area contributed by atoms with Crippen molar-refractivity contribution in [1.29, 1.82) is 0 Å². The number of unbranched alkanes of at least 4 members (excludes halogenated alkanes) is 4. The summed E-state index contributed by atoms with van der Waals surface area (Å²) in [6.07, 6.45) is 14.3. The third kappa shape index (κ3) is 5.55. The molecule has 0 radical (unpaired) electrons. The summed E-state index contributed by atoms with van der Waals surface area (Å²) in [4.78, 5) is 0. The van der Waals surface area contributed by atoms with Gasteiger partial charge in [-0.25, -0.2) is 0 Å². The zero-order valence-corrected chi connectivity index (χ0v) is 10.4. The molecule has 0 bridgehead atoms. The van der Waals surface area contributed by atoms with Crippen LogP contribution in [0.15, 0.2) is 0 Å². The number of aliphatic hydroxyl groups is 1. The predicted octanol–water partition coefficient (Wildman–Crippen LogP) is 4.29. The molecule has 0 saturated heterocycles. The van der Waals surface area contributed by atoms with Crippen LogP contribution in [-0.2, 0) is 0 Å². The number of rotatable bonds is 7. The molecule has 1 heteroatoms. The molecule has 90 valence electrons. The highest BCUT2D eigenvalue weighted by atomic mass is 16.3. The second kappa shape index (κ2) is 8.15. The summed E-state index contributed by atoms with van der Waals surface area (Å²) < 4.78 is 0. The molecule has 1 unspecified atom stereocenters. The number of hydrogen-bond donors (Lipinski definition) is 1. The molecular weight excluding hydrogens is 184 g/mol. The summed E-state index contributed by atoms with van der Waals surface area (Å²) in [7, 11) is 0. The molecule has 1 N–H and O–H groups in total. The van der Waals surface area contributed by atoms with Gasteiger partial charge in [0.05, 0.1) is 6.10 Å². The average molecular weight is 212 g/mol. The molecule has 0 aromatic carbocycles. The Kier molecular flexibility index (Phi) is 7.08. The first-order valence-corrected chi connectivity index (χ1v) is 7.02. The first-order valence-electron chi connectivity index (χ1n) is 7.02. The topological polar surface area (TPSA) is 20.2 Å². The summed E-state index contributed by atoms with van der Waals surface area (Å²) in [5, 5.41) is 10.0. The van der Waals surface area contributed by atoms with Crippen LogP contribution in [0.5, 0.6) is 0 Å². The predicted molar refractivity (Wildman–Crippen MR) is 66.0 cm³/mol. The molecule has 0 heterocycles. The van der Waals surface area contributed by atoms with Crippen LogP contribution < -0.4 is 0 Å². The van der Waals surface area contributed by atoms with Gasteiger partial charge in [-0.2, -0.15) is 0 Å². The molecule has 1 rings (SSSR count). The van der Waals surface area contributed by atoms with E-state index in [1.165, 1.54) is 64.2 Å². The average Bonchev–Trinajstić information content (AvgIpc) is 2.30. The Hall–Kier alpha value is -0.0400. The maximum Gasteiger partial charge on any atom is 0.0568 e. The van der Waals surface area contributed by atoms with Crippen LogP contribution in [-0.4, -0.2) is 11.2 Å². The van der Waals surface area contributed by atoms with Crippen LogP contribution in [0.4, 0.5) is 0 Å². The lowest BCUT2D eigenvalue weighted by Gasteiger charge is -2.26. The Morgan fingerprint density at radius 2 is 1.67 bits per heavy atom. The highest BCUT2D eigenvalue weighted by molar-refractivity contribution is 4.73. The molecule has 1 aliphatic carbocycles. The van der Waals surface area contributed by atoms with E-state index >= 15 is 0 Å². The molecule has 0 aromatic rings. The molecule has 1 saturated carbocycles. The first kappa shape index (κ1) is 13.0. The van der Waals surface area contributed by atoms with Gasteiger partial charge in [-0.15, -0.1) is 0 Å². The lowest BCUT2D eigenvalue weighted by Crippen LogP contribution is -2.22. The summed E-state index contributed by atoms with van der Waals surface area (Å²) in [5.74, 6) is 0.630. The fraction of sp³-hybridized carbons (Fsp3) is 1.00. The summed E-state index contributed by atoms with van der Waals surface area (Å²) in [6, 6.07) is 0. The van der Waals surface area contributed by atoms with Crippen LogP contribution in [0.25, 0.3) is 0 Å². The zero-order valence-electron chi connectivity index (χ0n) is 10.4. The Bertz CT molecular complexity index is 138. The van der Waals surface area contributed by atoms with Gasteiger partial charge in [0.1, 0.15) is 0 Å². The molecule has 1 fully saturated rings. The van der Waals surface area contributed by atoms with Gasteiger partial charge in [0.15, 0.2) is 0 Å². The van der Waals surface area contributed by atoms with Gasteiger partial charge in [0.25, 0.3) is 0 Å². The van der Waals surface area contributed by atoms with E-state index in [1.807, 2.05) is 0 Å². The van der Waals surface area contributed by atoms with Crippen molar-refractivity contribution in [2.75, 3.05) is 0 Å². The minimum absolute atomic E-state index is 0.00641. The van der Waals surface area contributed by atoms with E-state index in [0.29, 0.717) is 5.92 Å². The largest absolute Gasteiger partial charge is 0.393 e. The quantitative estimate of drug-likeness (QED) is 0.624. The minimum atomic E-state index is 0.00641. The van der Waals surface area contributed by atoms with Gasteiger partial charge in [0, 0.05) is 0 Å². The highest BCUT2D eigenvalue weighted by Crippen LogP contribution is 2.28. The molecule has 0 amide bonds. The number of hydrogen-bond acceptors (Lipinski definition) is 1. The van der Waals surface area contributed by atoms with Crippen molar-refractivity contribution in [1.82, 2.24) is 0 Å². The Balaban J connectivity index is 1.99. The standard InChI is InChI=1S/C14H28O/c1-2-3-4-5-9-12-14(15)13-10-7-6-8-11-13/h13-15H,2-12H2,1H3. The van der Waals surface area contributed by atoms with E-state index in [1.54, 1.807) is 0 Å². The SMILES string of the molecule is CCCCCCCC(O)C1CCCCC1. The number of aliphatic hydroxyl groups excluding tert-OH is 1. The van der Waals surface area contributed by atoms with Crippen molar-refractivity contribution in [2.45, 2.75) is 83.7 Å². The maximum atomic E-state index is 10.0. The van der Waals surface area contributed by atoms with Crippen LogP contribution in [0.3, 0.4) is 0 Å². The molecular formula is C14H28O. The van der Waals surface area contributed by atoms with Gasteiger partial charge < -0.3 is 5.11 Å². The summed E-state index contributed by atoms with van der Waals surface area (Å²) in [5.41, 5.74) is 0. The lowest BCUT2D eigenvalue weighted by molar-refractivity contribution is 0.0748. The summed E-state index contributed by atoms with van der Waals surface area (Å²) in [6.45, 7) is 2.25. The third-order valence-electron chi connectivity index (χ3n) is 3.80. The Morgan fingerprint density at radius 3 is 2.33 bits per heavy atom. The van der Waals surface area contributed by atoms with Crippen LogP contribution >= 0.6 is 0 Å². The monoisotopic (exact) mass is 212 g/mol. The second-order valence-corrected chi connectivity index (χ2v) is 5.17. The molecule has 1 atom stereocenters. The van der Waals surface area contributed by atoms with Gasteiger partial charge in [-0.05, 0) is 25.2 Å². The van der Waals surface area contributed by atoms with E-state index in [9.17, 15) is 5.11 Å². The Morgan fingerprint density at radius 1 is 1.00 bits per heavy atom. The van der Waals surface area contributed by atoms with Gasteiger partial charge in [0.2, 0.25) is 0 Å². The molecule has 1 aliphatic rings. The van der Waals surface area contributed by atoms with Crippen LogP contribution in [0, 0.1) is 5.92 Å². The molecule has 1 nitrogen and oxygen atoms in total. The molecule has 0 aliphatic heterocycles. The maximum absolute atomic E-state index is 10.0. The summed E-state index contributed by atoms with van der Waals surface area (Å²) >= 11 is 0. The fourth-order valence-corrected chi connectivity index (χ4v) is 2.71. The first-order chi connectivity index (χ1) is 7.34. The van der Waals surface area contributed by atoms with Crippen molar-refractivity contribution in [2.24, 2.45) is 5.92 Å². The normalized spacial score (nSPS) is 20.4. The van der Waals surface area contributed by atoms with E-state index < -0.39 is 0 Å². The van der Waals surface area contributed by atoms with Crippen molar-refractivity contribution >= 4 is 0 Å². The van der Waals surface area contributed by atoms with Gasteiger partial charge in [-0.3, -0.25) is 0 Å². The van der Waals surface area contributed by atoms with E-state index in [-0.39, 0.29) is 6.10 Å².